The fourth-order valence-electron chi connectivity index (χ4n) is 2.69. The van der Waals surface area contributed by atoms with Gasteiger partial charge in [-0.15, -0.1) is 0 Å². The fraction of sp³-hybridized carbons (Fsp3) is 0.278. The lowest BCUT2D eigenvalue weighted by molar-refractivity contribution is -0.384. The first kappa shape index (κ1) is 17.4. The first-order valence-corrected chi connectivity index (χ1v) is 8.34. The molecular formula is C18H18ClN3O3. The number of nitro benzene ring substituents is 1. The van der Waals surface area contributed by atoms with E-state index < -0.39 is 4.92 Å². The lowest BCUT2D eigenvalue weighted by atomic mass is 10.1. The Balaban J connectivity index is 1.79. The van der Waals surface area contributed by atoms with Crippen molar-refractivity contribution in [2.75, 3.05) is 31.2 Å². The molecule has 0 radical (unpaired) electrons. The smallest absolute Gasteiger partial charge is 0.290 e. The molecule has 0 bridgehead atoms. The second kappa shape index (κ2) is 7.63. The van der Waals surface area contributed by atoms with Crippen molar-refractivity contribution in [1.29, 1.82) is 0 Å². The highest BCUT2D eigenvalue weighted by atomic mass is 35.5. The molecule has 0 atom stereocenters. The average Bonchev–Trinajstić information content (AvgIpc) is 2.62. The van der Waals surface area contributed by atoms with Crippen LogP contribution in [-0.2, 0) is 4.74 Å². The third-order valence-electron chi connectivity index (χ3n) is 4.11. The zero-order valence-corrected chi connectivity index (χ0v) is 14.6. The number of hydrogen-bond donors (Lipinski definition) is 0. The van der Waals surface area contributed by atoms with Crippen molar-refractivity contribution < 1.29 is 9.66 Å². The maximum Gasteiger partial charge on any atom is 0.290 e. The molecule has 6 nitrogen and oxygen atoms in total. The summed E-state index contributed by atoms with van der Waals surface area (Å²) < 4.78 is 5.38. The van der Waals surface area contributed by atoms with E-state index in [2.05, 4.69) is 22.0 Å². The zero-order chi connectivity index (χ0) is 17.8. The molecule has 0 amide bonds. The molecule has 1 aliphatic rings. The summed E-state index contributed by atoms with van der Waals surface area (Å²) in [5.74, 6) is 0. The van der Waals surface area contributed by atoms with E-state index in [1.54, 1.807) is 12.3 Å². The molecule has 3 rings (SSSR count). The van der Waals surface area contributed by atoms with Crippen LogP contribution >= 0.6 is 11.6 Å². The minimum Gasteiger partial charge on any atom is -0.378 e. The molecule has 0 aromatic heterocycles. The second-order valence-corrected chi connectivity index (χ2v) is 6.20. The van der Waals surface area contributed by atoms with Crippen LogP contribution in [0.25, 0.3) is 0 Å². The topological polar surface area (TPSA) is 68.0 Å². The van der Waals surface area contributed by atoms with Crippen LogP contribution in [0, 0.1) is 17.0 Å². The van der Waals surface area contributed by atoms with Crippen LogP contribution in [0.15, 0.2) is 41.4 Å². The standard InChI is InChI=1S/C18H18ClN3O3/c1-13-10-16(21-6-8-25-9-7-21)4-2-14(13)12-20-15-3-5-17(19)18(11-15)22(23)24/h2-5,10-12H,6-9H2,1H3. The summed E-state index contributed by atoms with van der Waals surface area (Å²) in [6.45, 7) is 5.30. The maximum absolute atomic E-state index is 10.9. The van der Waals surface area contributed by atoms with Gasteiger partial charge in [0.15, 0.2) is 0 Å². The highest BCUT2D eigenvalue weighted by molar-refractivity contribution is 6.32. The van der Waals surface area contributed by atoms with Crippen LogP contribution in [0.2, 0.25) is 5.02 Å². The summed E-state index contributed by atoms with van der Waals surface area (Å²) in [7, 11) is 0. The number of ether oxygens (including phenoxy) is 1. The summed E-state index contributed by atoms with van der Waals surface area (Å²) in [6, 6.07) is 10.7. The van der Waals surface area contributed by atoms with Crippen LogP contribution in [0.1, 0.15) is 11.1 Å². The second-order valence-electron chi connectivity index (χ2n) is 5.79. The van der Waals surface area contributed by atoms with Crippen molar-refractivity contribution in [2.24, 2.45) is 4.99 Å². The number of aryl methyl sites for hydroxylation is 1. The molecule has 0 spiro atoms. The van der Waals surface area contributed by atoms with E-state index in [1.165, 1.54) is 17.8 Å². The van der Waals surface area contributed by atoms with E-state index in [0.29, 0.717) is 5.69 Å². The number of morpholine rings is 1. The van der Waals surface area contributed by atoms with Crippen molar-refractivity contribution in [3.63, 3.8) is 0 Å². The van der Waals surface area contributed by atoms with Gasteiger partial charge in [-0.05, 0) is 42.3 Å². The number of nitro groups is 1. The Kier molecular flexibility index (Phi) is 5.31. The molecule has 0 saturated carbocycles. The molecule has 0 aliphatic carbocycles. The summed E-state index contributed by atoms with van der Waals surface area (Å²) in [5, 5.41) is 11.1. The predicted octanol–water partition coefficient (Wildman–Crippen LogP) is 4.14. The number of hydrogen-bond acceptors (Lipinski definition) is 5. The van der Waals surface area contributed by atoms with Crippen LogP contribution in [-0.4, -0.2) is 37.4 Å². The molecule has 1 saturated heterocycles. The SMILES string of the molecule is Cc1cc(N2CCOCC2)ccc1C=Nc1ccc(Cl)c([N+](=O)[O-])c1. The minimum atomic E-state index is -0.510. The lowest BCUT2D eigenvalue weighted by Gasteiger charge is -2.29. The first-order chi connectivity index (χ1) is 12.0. The molecular weight excluding hydrogens is 342 g/mol. The predicted molar refractivity (Wildman–Crippen MR) is 99.6 cm³/mol. The van der Waals surface area contributed by atoms with E-state index in [1.807, 2.05) is 13.0 Å². The van der Waals surface area contributed by atoms with Gasteiger partial charge in [-0.25, -0.2) is 0 Å². The highest BCUT2D eigenvalue weighted by Gasteiger charge is 2.13. The van der Waals surface area contributed by atoms with Crippen molar-refractivity contribution in [3.05, 3.63) is 62.7 Å². The Labute approximate surface area is 150 Å². The van der Waals surface area contributed by atoms with Crippen molar-refractivity contribution in [1.82, 2.24) is 0 Å². The van der Waals surface area contributed by atoms with Gasteiger partial charge in [0.05, 0.1) is 23.8 Å². The number of rotatable bonds is 4. The molecule has 0 unspecified atom stereocenters. The van der Waals surface area contributed by atoms with E-state index in [0.717, 1.165) is 37.4 Å². The summed E-state index contributed by atoms with van der Waals surface area (Å²) in [6.07, 6.45) is 1.71. The zero-order valence-electron chi connectivity index (χ0n) is 13.8. The Morgan fingerprint density at radius 1 is 1.24 bits per heavy atom. The Morgan fingerprint density at radius 2 is 2.00 bits per heavy atom. The molecule has 130 valence electrons. The molecule has 0 N–H and O–H groups in total. The molecule has 25 heavy (non-hydrogen) atoms. The summed E-state index contributed by atoms with van der Waals surface area (Å²) >= 11 is 5.82. The van der Waals surface area contributed by atoms with Gasteiger partial charge in [-0.3, -0.25) is 15.1 Å². The number of aliphatic imine (C=N–C) groups is 1. The van der Waals surface area contributed by atoms with Gasteiger partial charge >= 0.3 is 0 Å². The van der Waals surface area contributed by atoms with Crippen LogP contribution in [0.5, 0.6) is 0 Å². The molecule has 2 aromatic carbocycles. The highest BCUT2D eigenvalue weighted by Crippen LogP contribution is 2.29. The third kappa shape index (κ3) is 4.15. The largest absolute Gasteiger partial charge is 0.378 e. The van der Waals surface area contributed by atoms with Gasteiger partial charge in [-0.2, -0.15) is 0 Å². The summed E-state index contributed by atoms with van der Waals surface area (Å²) in [4.78, 5) is 17.1. The van der Waals surface area contributed by atoms with Crippen LogP contribution in [0.3, 0.4) is 0 Å². The summed E-state index contributed by atoms with van der Waals surface area (Å²) in [5.41, 5.74) is 3.58. The van der Waals surface area contributed by atoms with Crippen molar-refractivity contribution in [3.8, 4) is 0 Å². The average molecular weight is 360 g/mol. The Morgan fingerprint density at radius 3 is 2.68 bits per heavy atom. The minimum absolute atomic E-state index is 0.106. The van der Waals surface area contributed by atoms with E-state index in [-0.39, 0.29) is 10.7 Å². The first-order valence-electron chi connectivity index (χ1n) is 7.96. The number of anilines is 1. The monoisotopic (exact) mass is 359 g/mol. The molecule has 1 fully saturated rings. The lowest BCUT2D eigenvalue weighted by Crippen LogP contribution is -2.36. The molecule has 7 heteroatoms. The van der Waals surface area contributed by atoms with E-state index >= 15 is 0 Å². The quantitative estimate of drug-likeness (QED) is 0.467. The van der Waals surface area contributed by atoms with Gasteiger partial charge in [0.2, 0.25) is 0 Å². The van der Waals surface area contributed by atoms with Gasteiger partial charge in [-0.1, -0.05) is 17.7 Å². The van der Waals surface area contributed by atoms with Crippen LogP contribution in [0.4, 0.5) is 17.1 Å². The van der Waals surface area contributed by atoms with Crippen molar-refractivity contribution in [2.45, 2.75) is 6.92 Å². The van der Waals surface area contributed by atoms with Gasteiger partial charge in [0.25, 0.3) is 5.69 Å². The van der Waals surface area contributed by atoms with Gasteiger partial charge in [0.1, 0.15) is 5.02 Å². The van der Waals surface area contributed by atoms with Gasteiger partial charge in [0, 0.05) is 31.1 Å². The van der Waals surface area contributed by atoms with E-state index in [9.17, 15) is 10.1 Å². The normalized spacial score (nSPS) is 14.9. The third-order valence-corrected chi connectivity index (χ3v) is 4.43. The van der Waals surface area contributed by atoms with E-state index in [4.69, 9.17) is 16.3 Å². The Hall–Kier alpha value is -2.44. The number of nitrogens with zero attached hydrogens (tertiary/aromatic N) is 3. The van der Waals surface area contributed by atoms with Crippen molar-refractivity contribution >= 4 is 34.9 Å². The maximum atomic E-state index is 10.9. The number of benzene rings is 2. The molecule has 1 aliphatic heterocycles. The molecule has 1 heterocycles. The van der Waals surface area contributed by atoms with Gasteiger partial charge < -0.3 is 9.64 Å². The number of halogens is 1. The molecule has 2 aromatic rings. The fourth-order valence-corrected chi connectivity index (χ4v) is 2.87. The van der Waals surface area contributed by atoms with Crippen LogP contribution < -0.4 is 4.90 Å². The Bertz CT molecular complexity index is 817.